The van der Waals surface area contributed by atoms with Crippen LogP contribution in [0.2, 0.25) is 0 Å². The fraction of sp³-hybridized carbons (Fsp3) is 0.375. The molecule has 2 aromatic carbocycles. The van der Waals surface area contributed by atoms with Gasteiger partial charge in [0, 0.05) is 42.7 Å². The molecule has 2 bridgehead atoms. The van der Waals surface area contributed by atoms with Crippen molar-refractivity contribution in [2.75, 3.05) is 18.4 Å². The van der Waals surface area contributed by atoms with E-state index >= 15 is 0 Å². The Kier molecular flexibility index (Phi) is 4.98. The van der Waals surface area contributed by atoms with Gasteiger partial charge in [0.15, 0.2) is 17.6 Å². The number of aromatic nitrogens is 1. The van der Waals surface area contributed by atoms with Crippen molar-refractivity contribution in [2.45, 2.75) is 55.3 Å². The van der Waals surface area contributed by atoms with Crippen molar-refractivity contribution in [3.05, 3.63) is 83.4 Å². The highest BCUT2D eigenvalue weighted by atomic mass is 16.5. The number of aliphatic hydroxyl groups excluding tert-OH is 1. The molecule has 204 valence electrons. The van der Waals surface area contributed by atoms with Crippen LogP contribution in [0.15, 0.2) is 72.3 Å². The minimum atomic E-state index is -1.34. The van der Waals surface area contributed by atoms with Crippen molar-refractivity contribution in [1.82, 2.24) is 9.88 Å². The van der Waals surface area contributed by atoms with Gasteiger partial charge in [-0.2, -0.15) is 0 Å². The highest BCUT2D eigenvalue weighted by molar-refractivity contribution is 6.05. The van der Waals surface area contributed by atoms with Gasteiger partial charge >= 0.3 is 0 Å². The van der Waals surface area contributed by atoms with Gasteiger partial charge in [-0.05, 0) is 85.2 Å². The van der Waals surface area contributed by atoms with Gasteiger partial charge in [-0.1, -0.05) is 18.2 Å². The van der Waals surface area contributed by atoms with Crippen LogP contribution in [-0.4, -0.2) is 61.9 Å². The number of rotatable bonds is 5. The Morgan fingerprint density at radius 2 is 1.93 bits per heavy atom. The zero-order valence-electron chi connectivity index (χ0n) is 22.0. The molecular weight excluding hydrogens is 506 g/mol. The number of benzene rings is 2. The fourth-order valence-electron chi connectivity index (χ4n) is 7.90. The number of likely N-dealkylation sites (tertiary alicyclic amines) is 1. The van der Waals surface area contributed by atoms with E-state index in [9.17, 15) is 20.1 Å². The average Bonchev–Trinajstić information content (AvgIpc) is 3.70. The third-order valence-corrected chi connectivity index (χ3v) is 9.93. The standard InChI is InChI=1S/C32H31N3O5/c36-24-7-6-21-15-25-32(39)16-23(30(38)34-22-3-1-2-20(14-22)19-8-11-33-12-9-19)27(37)29-31(32,26(21)28(24)40-29)10-13-35(25)17-18-4-5-18/h1-3,6-9,11-12,14,18,25,29,36-37,39H,4-5,10,13,15-17H2,(H,34,38)/t25-,29+,31+,32-/m1/s1. The van der Waals surface area contributed by atoms with Gasteiger partial charge in [-0.25, -0.2) is 0 Å². The van der Waals surface area contributed by atoms with Crippen molar-refractivity contribution in [2.24, 2.45) is 5.92 Å². The van der Waals surface area contributed by atoms with Crippen molar-refractivity contribution < 1.29 is 24.9 Å². The van der Waals surface area contributed by atoms with Crippen molar-refractivity contribution in [1.29, 1.82) is 0 Å². The summed E-state index contributed by atoms with van der Waals surface area (Å²) in [5.41, 5.74) is 2.20. The Morgan fingerprint density at radius 1 is 1.10 bits per heavy atom. The molecular formula is C32H31N3O5. The number of phenolic OH excluding ortho intramolecular Hbond substituents is 1. The van der Waals surface area contributed by atoms with Crippen molar-refractivity contribution in [3.8, 4) is 22.6 Å². The molecule has 1 saturated carbocycles. The second kappa shape index (κ2) is 8.32. The van der Waals surface area contributed by atoms with E-state index in [1.165, 1.54) is 12.8 Å². The SMILES string of the molecule is O=C(Nc1cccc(-c2ccncc2)c1)C1=C(O)[C@@H]2Oc3c(O)ccc4c3[C@@]23CCN(CC2CC2)[C@H](C4)[C@]3(O)C1. The van der Waals surface area contributed by atoms with Crippen molar-refractivity contribution in [3.63, 3.8) is 0 Å². The predicted octanol–water partition coefficient (Wildman–Crippen LogP) is 4.08. The number of aromatic hydroxyl groups is 1. The van der Waals surface area contributed by atoms with Crippen LogP contribution in [0.4, 0.5) is 5.69 Å². The molecule has 0 radical (unpaired) electrons. The lowest BCUT2D eigenvalue weighted by atomic mass is 9.49. The summed E-state index contributed by atoms with van der Waals surface area (Å²) in [6, 6.07) is 14.7. The first kappa shape index (κ1) is 24.0. The van der Waals surface area contributed by atoms with Gasteiger partial charge in [0.2, 0.25) is 0 Å². The fourth-order valence-corrected chi connectivity index (χ4v) is 7.90. The molecule has 40 heavy (non-hydrogen) atoms. The molecule has 8 nitrogen and oxygen atoms in total. The van der Waals surface area contributed by atoms with E-state index in [0.717, 1.165) is 35.3 Å². The number of hydrogen-bond acceptors (Lipinski definition) is 7. The van der Waals surface area contributed by atoms with Crippen molar-refractivity contribution >= 4 is 11.6 Å². The van der Waals surface area contributed by atoms with E-state index in [1.807, 2.05) is 36.4 Å². The monoisotopic (exact) mass is 537 g/mol. The smallest absolute Gasteiger partial charge is 0.255 e. The van der Waals surface area contributed by atoms with E-state index in [0.29, 0.717) is 30.2 Å². The molecule has 1 saturated heterocycles. The van der Waals surface area contributed by atoms with Gasteiger partial charge < -0.3 is 25.4 Å². The van der Waals surface area contributed by atoms with Crippen LogP contribution < -0.4 is 10.1 Å². The minimum absolute atomic E-state index is 0.00420. The highest BCUT2D eigenvalue weighted by Gasteiger charge is 2.73. The van der Waals surface area contributed by atoms with Crippen LogP contribution in [0.5, 0.6) is 11.5 Å². The molecule has 4 atom stereocenters. The average molecular weight is 538 g/mol. The second-order valence-electron chi connectivity index (χ2n) is 12.1. The summed E-state index contributed by atoms with van der Waals surface area (Å²) in [6.45, 7) is 1.70. The number of piperidine rings is 1. The van der Waals surface area contributed by atoms with Crippen LogP contribution in [-0.2, 0) is 16.6 Å². The number of aliphatic hydroxyl groups is 2. The summed E-state index contributed by atoms with van der Waals surface area (Å²) in [4.78, 5) is 20.3. The number of carbonyl (C=O) groups is 1. The molecule has 1 spiro atoms. The molecule has 2 fully saturated rings. The number of carbonyl (C=O) groups excluding carboxylic acids is 1. The van der Waals surface area contributed by atoms with E-state index in [1.54, 1.807) is 24.5 Å². The number of nitrogens with zero attached hydrogens (tertiary/aromatic N) is 2. The quantitative estimate of drug-likeness (QED) is 0.388. The number of nitrogens with one attached hydrogen (secondary N) is 1. The second-order valence-corrected chi connectivity index (χ2v) is 12.1. The van der Waals surface area contributed by atoms with Crippen LogP contribution in [0.3, 0.4) is 0 Å². The summed E-state index contributed by atoms with van der Waals surface area (Å²) >= 11 is 0. The molecule has 2 aliphatic heterocycles. The number of phenols is 1. The molecule has 3 heterocycles. The normalized spacial score (nSPS) is 30.0. The molecule has 8 heteroatoms. The maximum atomic E-state index is 13.8. The first-order chi connectivity index (χ1) is 19.4. The van der Waals surface area contributed by atoms with Gasteiger partial charge in [-0.3, -0.25) is 14.7 Å². The van der Waals surface area contributed by atoms with E-state index in [4.69, 9.17) is 4.74 Å². The first-order valence-corrected chi connectivity index (χ1v) is 14.1. The molecule has 1 amide bonds. The minimum Gasteiger partial charge on any atom is -0.508 e. The van der Waals surface area contributed by atoms with E-state index in [-0.39, 0.29) is 29.5 Å². The molecule has 1 aromatic heterocycles. The Labute approximate surface area is 231 Å². The topological polar surface area (TPSA) is 115 Å². The molecule has 0 unspecified atom stereocenters. The molecule has 8 rings (SSSR count). The molecule has 5 aliphatic rings. The lowest BCUT2D eigenvalue weighted by Gasteiger charge is -2.62. The summed E-state index contributed by atoms with van der Waals surface area (Å²) in [5.74, 6) is 0.344. The van der Waals surface area contributed by atoms with Gasteiger partial charge in [-0.15, -0.1) is 0 Å². The van der Waals surface area contributed by atoms with Crippen LogP contribution in [0, 0.1) is 5.92 Å². The maximum Gasteiger partial charge on any atom is 0.255 e. The van der Waals surface area contributed by atoms with Gasteiger partial charge in [0.05, 0.1) is 16.6 Å². The van der Waals surface area contributed by atoms with E-state index < -0.39 is 23.0 Å². The Bertz CT molecular complexity index is 1580. The summed E-state index contributed by atoms with van der Waals surface area (Å²) in [5, 5.41) is 38.1. The van der Waals surface area contributed by atoms with Crippen LogP contribution in [0.25, 0.3) is 11.1 Å². The number of amides is 1. The Morgan fingerprint density at radius 3 is 2.73 bits per heavy atom. The lowest BCUT2D eigenvalue weighted by molar-refractivity contribution is -0.172. The van der Waals surface area contributed by atoms with Crippen LogP contribution >= 0.6 is 0 Å². The van der Waals surface area contributed by atoms with Gasteiger partial charge in [0.1, 0.15) is 5.76 Å². The first-order valence-electron chi connectivity index (χ1n) is 14.1. The third-order valence-electron chi connectivity index (χ3n) is 9.93. The molecule has 4 N–H and O–H groups in total. The Hall–Kier alpha value is -3.88. The number of pyridine rings is 1. The zero-order valence-corrected chi connectivity index (χ0v) is 22.0. The third kappa shape index (κ3) is 3.20. The predicted molar refractivity (Wildman–Crippen MR) is 148 cm³/mol. The summed E-state index contributed by atoms with van der Waals surface area (Å²) in [7, 11) is 0. The lowest BCUT2D eigenvalue weighted by Crippen LogP contribution is -2.75. The van der Waals surface area contributed by atoms with E-state index in [2.05, 4.69) is 15.2 Å². The summed E-state index contributed by atoms with van der Waals surface area (Å²) < 4.78 is 6.30. The van der Waals surface area contributed by atoms with Gasteiger partial charge in [0.25, 0.3) is 5.91 Å². The largest absolute Gasteiger partial charge is 0.508 e. The summed E-state index contributed by atoms with van der Waals surface area (Å²) in [6.07, 6.45) is 6.11. The zero-order chi connectivity index (χ0) is 27.2. The Balaban J connectivity index is 1.20. The number of hydrogen-bond donors (Lipinski definition) is 4. The molecule has 3 aliphatic carbocycles. The number of ether oxygens (including phenoxy) is 1. The maximum absolute atomic E-state index is 13.8. The van der Waals surface area contributed by atoms with Crippen LogP contribution in [0.1, 0.15) is 36.8 Å². The highest BCUT2D eigenvalue weighted by Crippen LogP contribution is 2.66. The molecule has 3 aromatic rings. The number of anilines is 1.